The molecule has 0 saturated carbocycles. The molecule has 7 nitrogen and oxygen atoms in total. The van der Waals surface area contributed by atoms with Crippen LogP contribution in [-0.4, -0.2) is 48.9 Å². The van der Waals surface area contributed by atoms with E-state index in [9.17, 15) is 19.5 Å². The van der Waals surface area contributed by atoms with E-state index in [1.165, 1.54) is 0 Å². The molecule has 7 heteroatoms. The number of rotatable bonds is 20. The van der Waals surface area contributed by atoms with E-state index in [0.717, 1.165) is 64.2 Å². The smallest absolute Gasteiger partial charge is 0.335 e. The van der Waals surface area contributed by atoms with Gasteiger partial charge in [-0.3, -0.25) is 9.59 Å². The molecule has 31 heavy (non-hydrogen) atoms. The summed E-state index contributed by atoms with van der Waals surface area (Å²) in [6.07, 6.45) is 9.13. The zero-order valence-electron chi connectivity index (χ0n) is 19.9. The van der Waals surface area contributed by atoms with Crippen molar-refractivity contribution < 1.29 is 33.7 Å². The highest BCUT2D eigenvalue weighted by molar-refractivity contribution is 5.87. The Morgan fingerprint density at radius 2 is 1.03 bits per heavy atom. The highest BCUT2D eigenvalue weighted by atomic mass is 16.6. The number of hydrogen-bond donors (Lipinski definition) is 1. The second kappa shape index (κ2) is 20.3. The fourth-order valence-electron chi connectivity index (χ4n) is 3.04. The molecule has 0 heterocycles. The summed E-state index contributed by atoms with van der Waals surface area (Å²) in [5, 5.41) is 10.4. The van der Waals surface area contributed by atoms with Crippen molar-refractivity contribution >= 4 is 17.9 Å². The van der Waals surface area contributed by atoms with Crippen molar-refractivity contribution in [3.63, 3.8) is 0 Å². The van der Waals surface area contributed by atoms with E-state index < -0.39 is 36.4 Å². The average Bonchev–Trinajstić information content (AvgIpc) is 2.76. The summed E-state index contributed by atoms with van der Waals surface area (Å²) in [4.78, 5) is 36.9. The number of esters is 3. The molecule has 0 spiro atoms. The molecule has 2 atom stereocenters. The van der Waals surface area contributed by atoms with Crippen molar-refractivity contribution in [1.29, 1.82) is 0 Å². The second-order valence-corrected chi connectivity index (χ2v) is 7.99. The first-order chi connectivity index (χ1) is 15.0. The van der Waals surface area contributed by atoms with Gasteiger partial charge < -0.3 is 19.3 Å². The molecule has 0 aromatic carbocycles. The lowest BCUT2D eigenvalue weighted by atomic mass is 9.98. The number of hydrogen-bond acceptors (Lipinski definition) is 7. The molecular formula is C24H44O7. The van der Waals surface area contributed by atoms with Crippen molar-refractivity contribution in [2.45, 2.75) is 110 Å². The normalized spacial score (nSPS) is 12.8. The van der Waals surface area contributed by atoms with Gasteiger partial charge in [-0.15, -0.1) is 0 Å². The molecule has 0 radical (unpaired) electrons. The maximum Gasteiger partial charge on any atom is 0.335 e. The molecule has 0 saturated heterocycles. The molecule has 182 valence electrons. The van der Waals surface area contributed by atoms with E-state index in [1.54, 1.807) is 0 Å². The van der Waals surface area contributed by atoms with Crippen molar-refractivity contribution in [2.24, 2.45) is 5.92 Å². The van der Waals surface area contributed by atoms with Gasteiger partial charge in [0.1, 0.15) is 5.92 Å². The number of unbranched alkanes of at least 4 members (excludes halogenated alkanes) is 9. The monoisotopic (exact) mass is 444 g/mol. The first kappa shape index (κ1) is 29.4. The number of ether oxygens (including phenoxy) is 3. The van der Waals surface area contributed by atoms with Gasteiger partial charge in [0, 0.05) is 0 Å². The maximum absolute atomic E-state index is 12.5. The van der Waals surface area contributed by atoms with Crippen LogP contribution in [0.1, 0.15) is 104 Å². The van der Waals surface area contributed by atoms with Gasteiger partial charge in [-0.05, 0) is 19.3 Å². The van der Waals surface area contributed by atoms with Crippen LogP contribution in [0, 0.1) is 5.92 Å². The van der Waals surface area contributed by atoms with Gasteiger partial charge in [0.25, 0.3) is 0 Å². The standard InChI is InChI=1S/C24H44O7/c1-4-7-10-13-16-29-21(25)19-20(23(27)30-17-14-11-8-5-2)22(26)24(28)31-18-15-12-9-6-3/h20,22,26H,4-19H2,1-3H3. The average molecular weight is 445 g/mol. The fraction of sp³-hybridized carbons (Fsp3) is 0.875. The Kier molecular flexibility index (Phi) is 19.2. The molecule has 0 rings (SSSR count). The molecule has 0 fully saturated rings. The van der Waals surface area contributed by atoms with Gasteiger partial charge in [0.15, 0.2) is 6.10 Å². The van der Waals surface area contributed by atoms with Gasteiger partial charge in [0.2, 0.25) is 0 Å². The van der Waals surface area contributed by atoms with Crippen LogP contribution in [0.2, 0.25) is 0 Å². The molecular weight excluding hydrogens is 400 g/mol. The van der Waals surface area contributed by atoms with Crippen LogP contribution in [0.15, 0.2) is 0 Å². The van der Waals surface area contributed by atoms with Crippen molar-refractivity contribution in [2.75, 3.05) is 19.8 Å². The topological polar surface area (TPSA) is 99.1 Å². The molecule has 0 aliphatic carbocycles. The Morgan fingerprint density at radius 3 is 1.48 bits per heavy atom. The van der Waals surface area contributed by atoms with Crippen LogP contribution in [-0.2, 0) is 28.6 Å². The highest BCUT2D eigenvalue weighted by Gasteiger charge is 2.36. The summed E-state index contributed by atoms with van der Waals surface area (Å²) in [6, 6.07) is 0. The fourth-order valence-corrected chi connectivity index (χ4v) is 3.04. The van der Waals surface area contributed by atoms with Gasteiger partial charge >= 0.3 is 17.9 Å². The van der Waals surface area contributed by atoms with Gasteiger partial charge in [-0.2, -0.15) is 0 Å². The molecule has 0 amide bonds. The van der Waals surface area contributed by atoms with E-state index in [0.29, 0.717) is 12.8 Å². The van der Waals surface area contributed by atoms with Crippen LogP contribution in [0.3, 0.4) is 0 Å². The van der Waals surface area contributed by atoms with Gasteiger partial charge in [-0.25, -0.2) is 4.79 Å². The van der Waals surface area contributed by atoms with Crippen molar-refractivity contribution in [3.05, 3.63) is 0 Å². The molecule has 0 aliphatic rings. The first-order valence-corrected chi connectivity index (χ1v) is 12.1. The molecule has 0 aromatic rings. The number of aliphatic hydroxyl groups is 1. The summed E-state index contributed by atoms with van der Waals surface area (Å²) in [5.74, 6) is -3.62. The number of aliphatic hydroxyl groups excluding tert-OH is 1. The largest absolute Gasteiger partial charge is 0.466 e. The minimum Gasteiger partial charge on any atom is -0.466 e. The summed E-state index contributed by atoms with van der Waals surface area (Å²) in [5.41, 5.74) is 0. The Morgan fingerprint density at radius 1 is 0.613 bits per heavy atom. The zero-order valence-corrected chi connectivity index (χ0v) is 19.9. The third-order valence-corrected chi connectivity index (χ3v) is 5.06. The minimum absolute atomic E-state index is 0.177. The molecule has 2 unspecified atom stereocenters. The Balaban J connectivity index is 4.69. The Hall–Kier alpha value is -1.63. The van der Waals surface area contributed by atoms with E-state index in [1.807, 2.05) is 0 Å². The number of carbonyl (C=O) groups is 3. The third kappa shape index (κ3) is 15.8. The van der Waals surface area contributed by atoms with Crippen LogP contribution in [0.25, 0.3) is 0 Å². The molecule has 0 aliphatic heterocycles. The zero-order chi connectivity index (χ0) is 23.3. The third-order valence-electron chi connectivity index (χ3n) is 5.06. The number of carbonyl (C=O) groups excluding carboxylic acids is 3. The highest BCUT2D eigenvalue weighted by Crippen LogP contribution is 2.16. The van der Waals surface area contributed by atoms with E-state index >= 15 is 0 Å². The van der Waals surface area contributed by atoms with Crippen LogP contribution in [0.5, 0.6) is 0 Å². The minimum atomic E-state index is -1.75. The van der Waals surface area contributed by atoms with Crippen LogP contribution < -0.4 is 0 Å². The Bertz CT molecular complexity index is 479. The van der Waals surface area contributed by atoms with E-state index in [2.05, 4.69) is 20.8 Å². The lowest BCUT2D eigenvalue weighted by Crippen LogP contribution is -2.39. The van der Waals surface area contributed by atoms with Gasteiger partial charge in [0.05, 0.1) is 26.2 Å². The quantitative estimate of drug-likeness (QED) is 0.165. The molecule has 0 aromatic heterocycles. The second-order valence-electron chi connectivity index (χ2n) is 7.99. The first-order valence-electron chi connectivity index (χ1n) is 12.1. The van der Waals surface area contributed by atoms with Crippen LogP contribution in [0.4, 0.5) is 0 Å². The predicted octanol–water partition coefficient (Wildman–Crippen LogP) is 4.72. The van der Waals surface area contributed by atoms with E-state index in [4.69, 9.17) is 14.2 Å². The molecule has 1 N–H and O–H groups in total. The summed E-state index contributed by atoms with van der Waals surface area (Å²) >= 11 is 0. The lowest BCUT2D eigenvalue weighted by Gasteiger charge is -2.20. The van der Waals surface area contributed by atoms with Crippen molar-refractivity contribution in [3.8, 4) is 0 Å². The predicted molar refractivity (Wildman–Crippen MR) is 119 cm³/mol. The summed E-state index contributed by atoms with van der Waals surface area (Å²) in [6.45, 7) is 6.89. The summed E-state index contributed by atoms with van der Waals surface area (Å²) < 4.78 is 15.5. The Labute approximate surface area is 188 Å². The molecule has 0 bridgehead atoms. The van der Waals surface area contributed by atoms with Gasteiger partial charge in [-0.1, -0.05) is 78.6 Å². The van der Waals surface area contributed by atoms with Crippen LogP contribution >= 0.6 is 0 Å². The summed E-state index contributed by atoms with van der Waals surface area (Å²) in [7, 11) is 0. The van der Waals surface area contributed by atoms with Crippen molar-refractivity contribution in [1.82, 2.24) is 0 Å². The lowest BCUT2D eigenvalue weighted by molar-refractivity contribution is -0.170. The van der Waals surface area contributed by atoms with E-state index in [-0.39, 0.29) is 19.8 Å². The SMILES string of the molecule is CCCCCCOC(=O)CC(C(=O)OCCCCCC)C(O)C(=O)OCCCCCC. The maximum atomic E-state index is 12.5.